The second-order valence-electron chi connectivity index (χ2n) is 18.2. The van der Waals surface area contributed by atoms with Crippen LogP contribution in [-0.4, -0.2) is 158 Å². The smallest absolute Gasteiger partial charge is 0.315 e. The highest BCUT2D eigenvalue weighted by molar-refractivity contribution is 8.00. The first-order chi connectivity index (χ1) is 32.6. The molecule has 14 nitrogen and oxygen atoms in total. The van der Waals surface area contributed by atoms with Crippen molar-refractivity contribution in [3.05, 3.63) is 95.7 Å². The summed E-state index contributed by atoms with van der Waals surface area (Å²) in [6, 6.07) is 17.7. The summed E-state index contributed by atoms with van der Waals surface area (Å²) in [4.78, 5) is 26.2. The number of nitrogens with one attached hydrogen (secondary N) is 3. The van der Waals surface area contributed by atoms with E-state index >= 15 is 0 Å². The maximum atomic E-state index is 12.3. The number of carbonyl (C=O) groups is 2. The van der Waals surface area contributed by atoms with Crippen LogP contribution in [0.2, 0.25) is 0 Å². The number of fused-ring (bicyclic) bond motifs is 3. The Morgan fingerprint density at radius 2 is 1.40 bits per heavy atom. The Morgan fingerprint density at radius 3 is 2.12 bits per heavy atom. The van der Waals surface area contributed by atoms with E-state index in [0.29, 0.717) is 104 Å². The first-order valence-electron chi connectivity index (χ1n) is 24.2. The molecule has 4 heterocycles. The first-order valence-corrected chi connectivity index (χ1v) is 25.3. The SMILES string of the molecule is COCCOCCOCCOCCN1C(=CC=CC=CC2=[N+](CCOCCOCCOCCNC(=O)CCCCC3SCC4NC(=O)NC43)c3ccccc3C2(C)C)C(C)(C)c2ccccc21.[Cl-]. The monoisotopic (exact) mass is 982 g/mol. The number of benzene rings is 2. The third-order valence-corrected chi connectivity index (χ3v) is 14.3. The van der Waals surface area contributed by atoms with Crippen LogP contribution < -0.4 is 33.3 Å². The van der Waals surface area contributed by atoms with Crippen LogP contribution in [0.4, 0.5) is 16.2 Å². The van der Waals surface area contributed by atoms with Crippen molar-refractivity contribution < 1.29 is 59.7 Å². The Hall–Kier alpha value is -3.77. The van der Waals surface area contributed by atoms with E-state index in [9.17, 15) is 9.59 Å². The van der Waals surface area contributed by atoms with E-state index in [2.05, 4.69) is 132 Å². The van der Waals surface area contributed by atoms with Gasteiger partial charge >= 0.3 is 6.03 Å². The molecule has 68 heavy (non-hydrogen) atoms. The zero-order valence-electron chi connectivity index (χ0n) is 40.9. The molecule has 0 bridgehead atoms. The van der Waals surface area contributed by atoms with Crippen LogP contribution in [0, 0.1) is 0 Å². The Morgan fingerprint density at radius 1 is 0.765 bits per heavy atom. The quantitative estimate of drug-likeness (QED) is 0.0430. The lowest BCUT2D eigenvalue weighted by molar-refractivity contribution is -0.442. The number of halogens is 1. The molecule has 2 saturated heterocycles. The van der Waals surface area contributed by atoms with E-state index in [1.54, 1.807) is 7.11 Å². The van der Waals surface area contributed by atoms with Gasteiger partial charge in [-0.15, -0.1) is 0 Å². The van der Waals surface area contributed by atoms with Crippen molar-refractivity contribution in [2.45, 2.75) is 81.5 Å². The number of carbonyl (C=O) groups excluding carboxylic acids is 2. The summed E-state index contributed by atoms with van der Waals surface area (Å²) < 4.78 is 42.0. The van der Waals surface area contributed by atoms with Crippen LogP contribution in [0.3, 0.4) is 0 Å². The van der Waals surface area contributed by atoms with Gasteiger partial charge < -0.3 is 66.4 Å². The van der Waals surface area contributed by atoms with Crippen LogP contribution in [0.15, 0.2) is 84.6 Å². The van der Waals surface area contributed by atoms with Gasteiger partial charge in [0.25, 0.3) is 0 Å². The summed E-state index contributed by atoms with van der Waals surface area (Å²) in [5.74, 6) is 1.01. The van der Waals surface area contributed by atoms with E-state index in [1.165, 1.54) is 33.9 Å². The van der Waals surface area contributed by atoms with Crippen LogP contribution in [0.5, 0.6) is 0 Å². The maximum absolute atomic E-state index is 12.3. The van der Waals surface area contributed by atoms with Crippen molar-refractivity contribution in [3.63, 3.8) is 0 Å². The Bertz CT molecular complexity index is 2010. The van der Waals surface area contributed by atoms with Crippen LogP contribution in [0.25, 0.3) is 0 Å². The molecule has 0 spiro atoms. The van der Waals surface area contributed by atoms with Gasteiger partial charge in [0.15, 0.2) is 12.3 Å². The van der Waals surface area contributed by atoms with Crippen molar-refractivity contribution in [2.75, 3.05) is 123 Å². The molecule has 0 saturated carbocycles. The second kappa shape index (κ2) is 28.8. The zero-order valence-corrected chi connectivity index (χ0v) is 42.5. The van der Waals surface area contributed by atoms with E-state index in [4.69, 9.17) is 33.2 Å². The number of para-hydroxylation sites is 2. The van der Waals surface area contributed by atoms with Crippen molar-refractivity contribution in [1.82, 2.24) is 16.0 Å². The maximum Gasteiger partial charge on any atom is 0.315 e. The highest BCUT2D eigenvalue weighted by Gasteiger charge is 2.44. The first kappa shape index (κ1) is 55.2. The molecule has 376 valence electrons. The second-order valence-corrected chi connectivity index (χ2v) is 19.4. The summed E-state index contributed by atoms with van der Waals surface area (Å²) in [6.45, 7) is 17.9. The number of urea groups is 1. The fourth-order valence-electron chi connectivity index (χ4n) is 9.28. The van der Waals surface area contributed by atoms with Crippen molar-refractivity contribution in [3.8, 4) is 0 Å². The lowest BCUT2D eigenvalue weighted by Gasteiger charge is -2.27. The topological polar surface area (TPSA) is 141 Å². The molecule has 6 rings (SSSR count). The molecule has 3 atom stereocenters. The van der Waals surface area contributed by atoms with Gasteiger partial charge in [0.2, 0.25) is 11.6 Å². The van der Waals surface area contributed by atoms with Crippen LogP contribution in [-0.2, 0) is 48.8 Å². The molecule has 16 heteroatoms. The van der Waals surface area contributed by atoms with E-state index < -0.39 is 0 Å². The minimum atomic E-state index is -0.173. The number of hydrogen-bond donors (Lipinski definition) is 3. The molecule has 2 aromatic carbocycles. The summed E-state index contributed by atoms with van der Waals surface area (Å²) in [6.07, 6.45) is 14.2. The average molecular weight is 983 g/mol. The number of methoxy groups -OCH3 is 1. The van der Waals surface area contributed by atoms with Gasteiger partial charge in [0, 0.05) is 72.1 Å². The Kier molecular flexibility index (Phi) is 23.4. The largest absolute Gasteiger partial charge is 1.00 e. The summed E-state index contributed by atoms with van der Waals surface area (Å²) >= 11 is 1.91. The Balaban J connectivity index is 0.00000864. The van der Waals surface area contributed by atoms with Gasteiger partial charge in [-0.1, -0.05) is 74.9 Å². The van der Waals surface area contributed by atoms with Gasteiger partial charge in [-0.2, -0.15) is 16.3 Å². The van der Waals surface area contributed by atoms with E-state index in [0.717, 1.165) is 38.1 Å². The summed E-state index contributed by atoms with van der Waals surface area (Å²) in [5, 5.41) is 9.37. The fourth-order valence-corrected chi connectivity index (χ4v) is 10.8. The van der Waals surface area contributed by atoms with Crippen molar-refractivity contribution in [1.29, 1.82) is 0 Å². The lowest BCUT2D eigenvalue weighted by Crippen LogP contribution is -3.00. The fraction of sp³-hybridized carbons (Fsp3) is 0.596. The van der Waals surface area contributed by atoms with Gasteiger partial charge in [-0.3, -0.25) is 4.79 Å². The summed E-state index contributed by atoms with van der Waals surface area (Å²) in [5.41, 5.74) is 7.18. The van der Waals surface area contributed by atoms with Gasteiger partial charge in [0.05, 0.1) is 96.8 Å². The molecule has 0 aliphatic carbocycles. The van der Waals surface area contributed by atoms with Gasteiger partial charge in [-0.05, 0) is 44.4 Å². The highest BCUT2D eigenvalue weighted by atomic mass is 35.5. The molecule has 0 aromatic heterocycles. The zero-order chi connectivity index (χ0) is 47.3. The Labute approximate surface area is 415 Å². The lowest BCUT2D eigenvalue weighted by atomic mass is 9.81. The normalized spacial score (nSPS) is 20.5. The van der Waals surface area contributed by atoms with Crippen molar-refractivity contribution >= 4 is 40.8 Å². The average Bonchev–Trinajstić information content (AvgIpc) is 4.00. The highest BCUT2D eigenvalue weighted by Crippen LogP contribution is 2.47. The molecule has 3 N–H and O–H groups in total. The van der Waals surface area contributed by atoms with Gasteiger partial charge in [0.1, 0.15) is 6.61 Å². The molecular formula is C52H76ClN5O9S. The number of rotatable bonds is 32. The molecular weight excluding hydrogens is 906 g/mol. The van der Waals surface area contributed by atoms with E-state index in [1.807, 2.05) is 11.8 Å². The molecule has 2 fully saturated rings. The number of allylic oxidation sites excluding steroid dienone is 6. The third kappa shape index (κ3) is 15.6. The number of amides is 3. The molecule has 0 radical (unpaired) electrons. The van der Waals surface area contributed by atoms with Crippen molar-refractivity contribution in [2.24, 2.45) is 0 Å². The number of ether oxygens (including phenoxy) is 7. The van der Waals surface area contributed by atoms with E-state index in [-0.39, 0.29) is 47.3 Å². The van der Waals surface area contributed by atoms with Crippen LogP contribution in [0.1, 0.15) is 64.5 Å². The number of hydrogen-bond acceptors (Lipinski definition) is 11. The molecule has 2 aromatic rings. The molecule has 4 aliphatic heterocycles. The minimum Gasteiger partial charge on any atom is -1.00 e. The number of anilines is 1. The predicted octanol–water partition coefficient (Wildman–Crippen LogP) is 3.45. The number of nitrogens with zero attached hydrogens (tertiary/aromatic N) is 2. The number of unbranched alkanes of at least 4 members (excludes halogenated alkanes) is 1. The molecule has 4 aliphatic rings. The standard InChI is InChI=1S/C52H75N5O9S.ClH/c1-51(2)40-15-9-11-17-43(40)56(24-27-62-32-35-65-34-31-61-26-23-53-48(58)22-14-13-19-45-49-42(39-67-45)54-50(59)55-49)46(51)20-7-6-8-21-47-52(3,4)41-16-10-12-18-44(41)57(47)25-28-63-33-36-66-38-37-64-30-29-60-5;/h6-12,15-18,20-21,42,45,49H,13-14,19,22-39H2,1-5H3,(H2-,53,54,55,58,59);1H. The predicted molar refractivity (Wildman–Crippen MR) is 266 cm³/mol. The minimum absolute atomic E-state index is 0. The van der Waals surface area contributed by atoms with Crippen LogP contribution >= 0.6 is 11.8 Å². The summed E-state index contributed by atoms with van der Waals surface area (Å²) in [7, 11) is 1.66. The number of thioether (sulfide) groups is 1. The third-order valence-electron chi connectivity index (χ3n) is 12.8. The van der Waals surface area contributed by atoms with Gasteiger partial charge in [-0.25, -0.2) is 4.79 Å². The molecule has 3 unspecified atom stereocenters. The molecule has 3 amide bonds.